The maximum Gasteiger partial charge on any atom is 0.312 e. The van der Waals surface area contributed by atoms with Crippen LogP contribution in [0.2, 0.25) is 0 Å². The van der Waals surface area contributed by atoms with E-state index in [-0.39, 0.29) is 11.8 Å². The third-order valence-corrected chi connectivity index (χ3v) is 4.43. The van der Waals surface area contributed by atoms with Gasteiger partial charge in [0.2, 0.25) is 5.89 Å². The summed E-state index contributed by atoms with van der Waals surface area (Å²) in [7, 11) is 0. The third kappa shape index (κ3) is 4.60. The highest BCUT2D eigenvalue weighted by molar-refractivity contribution is 5.71. The van der Waals surface area contributed by atoms with Crippen LogP contribution in [0.3, 0.4) is 0 Å². The zero-order valence-corrected chi connectivity index (χ0v) is 14.7. The van der Waals surface area contributed by atoms with Gasteiger partial charge in [-0.1, -0.05) is 6.92 Å². The van der Waals surface area contributed by atoms with Gasteiger partial charge in [0, 0.05) is 24.6 Å². The van der Waals surface area contributed by atoms with Crippen LogP contribution < -0.4 is 9.47 Å². The second kappa shape index (κ2) is 8.16. The molecule has 0 bridgehead atoms. The van der Waals surface area contributed by atoms with Gasteiger partial charge in [0.1, 0.15) is 12.4 Å². The Morgan fingerprint density at radius 1 is 1.36 bits per heavy atom. The number of benzene rings is 1. The summed E-state index contributed by atoms with van der Waals surface area (Å²) in [6, 6.07) is 8.21. The largest absolute Gasteiger partial charge is 0.492 e. The van der Waals surface area contributed by atoms with Crippen molar-refractivity contribution in [1.82, 2.24) is 9.88 Å². The van der Waals surface area contributed by atoms with Crippen molar-refractivity contribution in [2.75, 3.05) is 19.7 Å². The van der Waals surface area contributed by atoms with Crippen LogP contribution in [0.4, 0.5) is 0 Å². The molecule has 6 heteroatoms. The quantitative estimate of drug-likeness (QED) is 0.716. The number of carbonyl (C=O) groups excluding carboxylic acids is 1. The molecule has 0 amide bonds. The number of rotatable bonds is 7. The number of hydrogen-bond acceptors (Lipinski definition) is 6. The molecule has 25 heavy (non-hydrogen) atoms. The molecular formula is C19H24N2O4. The average Bonchev–Trinajstić information content (AvgIpc) is 3.25. The second-order valence-corrected chi connectivity index (χ2v) is 6.22. The van der Waals surface area contributed by atoms with Crippen molar-refractivity contribution in [3.8, 4) is 23.1 Å². The van der Waals surface area contributed by atoms with E-state index in [0.717, 1.165) is 17.9 Å². The maximum absolute atomic E-state index is 11.3. The minimum Gasteiger partial charge on any atom is -0.492 e. The van der Waals surface area contributed by atoms with Crippen LogP contribution >= 0.6 is 0 Å². The Balaban J connectivity index is 1.52. The lowest BCUT2D eigenvalue weighted by atomic mass is 10.2. The highest BCUT2D eigenvalue weighted by atomic mass is 16.6. The molecule has 1 unspecified atom stereocenters. The van der Waals surface area contributed by atoms with Gasteiger partial charge in [-0.15, -0.1) is 0 Å². The van der Waals surface area contributed by atoms with Crippen molar-refractivity contribution in [3.05, 3.63) is 30.5 Å². The van der Waals surface area contributed by atoms with Crippen molar-refractivity contribution >= 4 is 5.97 Å². The maximum atomic E-state index is 11.3. The molecule has 0 aliphatic carbocycles. The van der Waals surface area contributed by atoms with E-state index in [1.165, 1.54) is 25.6 Å². The van der Waals surface area contributed by atoms with E-state index in [0.29, 0.717) is 25.0 Å². The topological polar surface area (TPSA) is 64.8 Å². The lowest BCUT2D eigenvalue weighted by molar-refractivity contribution is -0.134. The first-order valence-electron chi connectivity index (χ1n) is 8.79. The van der Waals surface area contributed by atoms with Gasteiger partial charge in [0.25, 0.3) is 5.88 Å². The van der Waals surface area contributed by atoms with Crippen molar-refractivity contribution in [3.63, 3.8) is 0 Å². The second-order valence-electron chi connectivity index (χ2n) is 6.22. The van der Waals surface area contributed by atoms with E-state index in [1.807, 2.05) is 24.3 Å². The SMILES string of the molecule is CCC(=O)Oc1coc(-c2ccc(OCCN3CCCC3C)cc2)n1. The van der Waals surface area contributed by atoms with Gasteiger partial charge < -0.3 is 13.9 Å². The Kier molecular flexibility index (Phi) is 5.71. The summed E-state index contributed by atoms with van der Waals surface area (Å²) < 4.78 is 16.2. The molecular weight excluding hydrogens is 320 g/mol. The predicted molar refractivity (Wildman–Crippen MR) is 93.6 cm³/mol. The van der Waals surface area contributed by atoms with Crippen LogP contribution in [0.1, 0.15) is 33.1 Å². The van der Waals surface area contributed by atoms with Crippen molar-refractivity contribution in [2.45, 2.75) is 39.2 Å². The predicted octanol–water partition coefficient (Wildman–Crippen LogP) is 3.52. The summed E-state index contributed by atoms with van der Waals surface area (Å²) in [5, 5.41) is 0. The number of nitrogens with zero attached hydrogens (tertiary/aromatic N) is 2. The molecule has 2 aromatic rings. The molecule has 134 valence electrons. The Bertz CT molecular complexity index is 696. The van der Waals surface area contributed by atoms with Gasteiger partial charge in [-0.25, -0.2) is 0 Å². The third-order valence-electron chi connectivity index (χ3n) is 4.43. The van der Waals surface area contributed by atoms with Gasteiger partial charge in [-0.2, -0.15) is 4.98 Å². The molecule has 1 aliphatic heterocycles. The fourth-order valence-corrected chi connectivity index (χ4v) is 2.93. The molecule has 1 atom stereocenters. The molecule has 1 saturated heterocycles. The van der Waals surface area contributed by atoms with Crippen LogP contribution in [0.25, 0.3) is 11.5 Å². The number of oxazole rings is 1. The van der Waals surface area contributed by atoms with Gasteiger partial charge in [-0.05, 0) is 50.6 Å². The Hall–Kier alpha value is -2.34. The monoisotopic (exact) mass is 344 g/mol. The van der Waals surface area contributed by atoms with E-state index in [9.17, 15) is 4.79 Å². The van der Waals surface area contributed by atoms with Crippen LogP contribution in [0.15, 0.2) is 34.9 Å². The Morgan fingerprint density at radius 3 is 2.84 bits per heavy atom. The van der Waals surface area contributed by atoms with E-state index in [4.69, 9.17) is 13.9 Å². The van der Waals surface area contributed by atoms with E-state index in [2.05, 4.69) is 16.8 Å². The molecule has 1 aromatic heterocycles. The summed E-state index contributed by atoms with van der Waals surface area (Å²) in [4.78, 5) is 17.9. The number of hydrogen-bond donors (Lipinski definition) is 0. The molecule has 6 nitrogen and oxygen atoms in total. The molecule has 0 saturated carbocycles. The Labute approximate surface area is 147 Å². The minimum atomic E-state index is -0.337. The highest BCUT2D eigenvalue weighted by Crippen LogP contribution is 2.24. The lowest BCUT2D eigenvalue weighted by Gasteiger charge is -2.20. The number of aromatic nitrogens is 1. The highest BCUT2D eigenvalue weighted by Gasteiger charge is 2.19. The molecule has 1 aromatic carbocycles. The van der Waals surface area contributed by atoms with Crippen molar-refractivity contribution in [2.24, 2.45) is 0 Å². The van der Waals surface area contributed by atoms with Gasteiger partial charge >= 0.3 is 5.97 Å². The first kappa shape index (κ1) is 17.5. The average molecular weight is 344 g/mol. The fraction of sp³-hybridized carbons (Fsp3) is 0.474. The van der Waals surface area contributed by atoms with E-state index >= 15 is 0 Å². The van der Waals surface area contributed by atoms with Crippen LogP contribution in [-0.2, 0) is 4.79 Å². The minimum absolute atomic E-state index is 0.182. The molecule has 3 rings (SSSR count). The lowest BCUT2D eigenvalue weighted by Crippen LogP contribution is -2.31. The summed E-state index contributed by atoms with van der Waals surface area (Å²) in [6.07, 6.45) is 4.19. The van der Waals surface area contributed by atoms with Gasteiger partial charge in [-0.3, -0.25) is 9.69 Å². The summed E-state index contributed by atoms with van der Waals surface area (Å²) in [5.74, 6) is 1.08. The zero-order valence-electron chi connectivity index (χ0n) is 14.7. The number of likely N-dealkylation sites (tertiary alicyclic amines) is 1. The van der Waals surface area contributed by atoms with Crippen LogP contribution in [-0.4, -0.2) is 41.6 Å². The smallest absolute Gasteiger partial charge is 0.312 e. The van der Waals surface area contributed by atoms with Gasteiger partial charge in [0.05, 0.1) is 0 Å². The van der Waals surface area contributed by atoms with Gasteiger partial charge in [0.15, 0.2) is 6.26 Å². The molecule has 0 spiro atoms. The van der Waals surface area contributed by atoms with E-state index < -0.39 is 0 Å². The standard InChI is InChI=1S/C19H24N2O4/c1-3-18(22)25-17-13-24-19(20-17)15-6-8-16(9-7-15)23-12-11-21-10-4-5-14(21)2/h6-9,13-14H,3-5,10-12H2,1-2H3. The number of ether oxygens (including phenoxy) is 2. The first-order chi connectivity index (χ1) is 12.2. The summed E-state index contributed by atoms with van der Waals surface area (Å²) >= 11 is 0. The zero-order chi connectivity index (χ0) is 17.6. The van der Waals surface area contributed by atoms with Crippen LogP contribution in [0.5, 0.6) is 11.6 Å². The number of carbonyl (C=O) groups is 1. The molecule has 0 N–H and O–H groups in total. The fourth-order valence-electron chi connectivity index (χ4n) is 2.93. The molecule has 1 fully saturated rings. The van der Waals surface area contributed by atoms with E-state index in [1.54, 1.807) is 6.92 Å². The first-order valence-corrected chi connectivity index (χ1v) is 8.79. The normalized spacial score (nSPS) is 17.6. The van der Waals surface area contributed by atoms with Crippen molar-refractivity contribution in [1.29, 1.82) is 0 Å². The molecule has 0 radical (unpaired) electrons. The number of esters is 1. The van der Waals surface area contributed by atoms with Crippen molar-refractivity contribution < 1.29 is 18.7 Å². The summed E-state index contributed by atoms with van der Waals surface area (Å²) in [5.41, 5.74) is 0.805. The molecule has 2 heterocycles. The Morgan fingerprint density at radius 2 is 2.16 bits per heavy atom. The molecule has 1 aliphatic rings. The summed E-state index contributed by atoms with van der Waals surface area (Å²) in [6.45, 7) is 6.80. The van der Waals surface area contributed by atoms with Crippen LogP contribution in [0, 0.1) is 0 Å².